The van der Waals surface area contributed by atoms with Gasteiger partial charge in [0.15, 0.2) is 5.78 Å². The molecule has 0 radical (unpaired) electrons. The summed E-state index contributed by atoms with van der Waals surface area (Å²) in [6.45, 7) is 2.29. The fraction of sp³-hybridized carbons (Fsp3) is 0.381. The van der Waals surface area contributed by atoms with Gasteiger partial charge in [-0.3, -0.25) is 4.79 Å². The third-order valence-electron chi connectivity index (χ3n) is 5.34. The van der Waals surface area contributed by atoms with Gasteiger partial charge < -0.3 is 15.2 Å². The maximum absolute atomic E-state index is 12.7. The highest BCUT2D eigenvalue weighted by Crippen LogP contribution is 2.28. The number of rotatable bonds is 7. The van der Waals surface area contributed by atoms with Crippen LogP contribution < -0.4 is 15.2 Å². The minimum absolute atomic E-state index is 0.00328. The zero-order chi connectivity index (χ0) is 21.2. The zero-order valence-electron chi connectivity index (χ0n) is 16.5. The molecule has 0 unspecified atom stereocenters. The van der Waals surface area contributed by atoms with E-state index in [4.69, 9.17) is 9.88 Å². The van der Waals surface area contributed by atoms with Crippen molar-refractivity contribution in [2.24, 2.45) is 11.1 Å². The van der Waals surface area contributed by atoms with Crippen molar-refractivity contribution in [1.29, 1.82) is 0 Å². The van der Waals surface area contributed by atoms with Gasteiger partial charge in [0.05, 0.1) is 18.1 Å². The fourth-order valence-corrected chi connectivity index (χ4v) is 4.48. The molecule has 0 aromatic heterocycles. The molecule has 0 heterocycles. The number of methoxy groups -OCH3 is 1. The molecular formula is C21H26N2O5S. The van der Waals surface area contributed by atoms with Crippen molar-refractivity contribution >= 4 is 15.8 Å². The van der Waals surface area contributed by atoms with Crippen LogP contribution in [0.4, 0.5) is 0 Å². The number of aliphatic hydroxyl groups is 1. The first-order chi connectivity index (χ1) is 13.7. The van der Waals surface area contributed by atoms with E-state index in [9.17, 15) is 18.3 Å². The lowest BCUT2D eigenvalue weighted by Gasteiger charge is -2.24. The number of aryl methyl sites for hydroxylation is 2. The molecule has 7 nitrogen and oxygen atoms in total. The number of aliphatic hydroxyl groups excluding tert-OH is 1. The number of carbonyl (C=O) groups is 1. The predicted octanol–water partition coefficient (Wildman–Crippen LogP) is 1.72. The van der Waals surface area contributed by atoms with Crippen LogP contribution in [0, 0.1) is 12.8 Å². The third kappa shape index (κ3) is 4.84. The molecule has 1 aliphatic carbocycles. The quantitative estimate of drug-likeness (QED) is 0.630. The second-order valence-corrected chi connectivity index (χ2v) is 8.90. The molecule has 0 saturated carbocycles. The highest BCUT2D eigenvalue weighted by atomic mass is 32.2. The Labute approximate surface area is 170 Å². The molecule has 2 aromatic rings. The van der Waals surface area contributed by atoms with E-state index in [0.717, 1.165) is 29.7 Å². The number of benzene rings is 2. The molecule has 2 atom stereocenters. The third-order valence-corrected chi connectivity index (χ3v) is 6.40. The molecule has 0 fully saturated rings. The summed E-state index contributed by atoms with van der Waals surface area (Å²) in [6, 6.07) is 10.2. The predicted molar refractivity (Wildman–Crippen MR) is 110 cm³/mol. The number of fused-ring (bicyclic) bond motifs is 1. The number of nitrogens with one attached hydrogen (secondary N) is 1. The van der Waals surface area contributed by atoms with E-state index in [1.807, 2.05) is 6.07 Å². The Hall–Kier alpha value is -2.26. The molecule has 0 bridgehead atoms. The van der Waals surface area contributed by atoms with Crippen molar-refractivity contribution < 1.29 is 23.1 Å². The molecule has 4 N–H and O–H groups in total. The lowest BCUT2D eigenvalue weighted by atomic mass is 9.82. The zero-order valence-corrected chi connectivity index (χ0v) is 17.3. The minimum atomic E-state index is -3.85. The minimum Gasteiger partial charge on any atom is -0.497 e. The van der Waals surface area contributed by atoms with Gasteiger partial charge in [0.1, 0.15) is 5.75 Å². The number of ketones is 1. The lowest BCUT2D eigenvalue weighted by molar-refractivity contribution is 0.0894. The van der Waals surface area contributed by atoms with E-state index in [-0.39, 0.29) is 23.1 Å². The van der Waals surface area contributed by atoms with Crippen LogP contribution in [0.2, 0.25) is 0 Å². The van der Waals surface area contributed by atoms with Crippen LogP contribution >= 0.6 is 0 Å². The molecule has 3 rings (SSSR count). The van der Waals surface area contributed by atoms with Crippen LogP contribution in [0.3, 0.4) is 0 Å². The van der Waals surface area contributed by atoms with Crippen LogP contribution in [0.25, 0.3) is 0 Å². The maximum atomic E-state index is 12.7. The fourth-order valence-electron chi connectivity index (χ4n) is 3.66. The first kappa shape index (κ1) is 21.4. The lowest BCUT2D eigenvalue weighted by Crippen LogP contribution is -2.34. The Bertz CT molecular complexity index is 1020. The van der Waals surface area contributed by atoms with Gasteiger partial charge in [0, 0.05) is 24.6 Å². The van der Waals surface area contributed by atoms with Gasteiger partial charge in [-0.05, 0) is 60.7 Å². The second kappa shape index (κ2) is 8.62. The van der Waals surface area contributed by atoms with Crippen LogP contribution in [0.1, 0.15) is 39.6 Å². The average molecular weight is 419 g/mol. The normalized spacial score (nSPS) is 17.7. The van der Waals surface area contributed by atoms with Crippen molar-refractivity contribution in [3.63, 3.8) is 0 Å². The summed E-state index contributed by atoms with van der Waals surface area (Å²) < 4.78 is 28.5. The topological polar surface area (TPSA) is 119 Å². The van der Waals surface area contributed by atoms with E-state index < -0.39 is 16.1 Å². The molecule has 2 aromatic carbocycles. The number of ether oxygens (including phenoxy) is 1. The van der Waals surface area contributed by atoms with Crippen molar-refractivity contribution in [2.45, 2.75) is 30.8 Å². The average Bonchev–Trinajstić information content (AvgIpc) is 2.68. The molecule has 0 spiro atoms. The van der Waals surface area contributed by atoms with Crippen LogP contribution in [-0.2, 0) is 16.4 Å². The summed E-state index contributed by atoms with van der Waals surface area (Å²) in [4.78, 5) is 12.7. The molecule has 1 aliphatic rings. The van der Waals surface area contributed by atoms with E-state index in [0.29, 0.717) is 17.7 Å². The van der Waals surface area contributed by atoms with E-state index in [1.54, 1.807) is 38.3 Å². The van der Waals surface area contributed by atoms with Crippen molar-refractivity contribution in [2.75, 3.05) is 20.2 Å². The van der Waals surface area contributed by atoms with Gasteiger partial charge in [-0.2, -0.15) is 0 Å². The number of carbonyl (C=O) groups excluding carboxylic acids is 1. The summed E-state index contributed by atoms with van der Waals surface area (Å²) in [7, 11) is -2.25. The van der Waals surface area contributed by atoms with Crippen molar-refractivity contribution in [1.82, 2.24) is 5.32 Å². The van der Waals surface area contributed by atoms with Gasteiger partial charge in [0.2, 0.25) is 10.0 Å². The molecule has 0 aliphatic heterocycles. The highest BCUT2D eigenvalue weighted by Gasteiger charge is 2.27. The maximum Gasteiger partial charge on any atom is 0.238 e. The van der Waals surface area contributed by atoms with E-state index >= 15 is 0 Å². The summed E-state index contributed by atoms with van der Waals surface area (Å²) in [6.07, 6.45) is 0.608. The molecule has 8 heteroatoms. The molecule has 0 amide bonds. The number of Topliss-reactive ketones (excluding diaryl/α,β-unsaturated/α-hetero) is 1. The number of nitrogens with two attached hydrogens (primary N) is 1. The van der Waals surface area contributed by atoms with E-state index in [2.05, 4.69) is 5.32 Å². The van der Waals surface area contributed by atoms with Gasteiger partial charge in [-0.15, -0.1) is 0 Å². The van der Waals surface area contributed by atoms with Crippen LogP contribution in [0.5, 0.6) is 5.75 Å². The molecular weight excluding hydrogens is 392 g/mol. The summed E-state index contributed by atoms with van der Waals surface area (Å²) in [5.41, 5.74) is 2.71. The first-order valence-corrected chi connectivity index (χ1v) is 11.0. The Balaban J connectivity index is 1.61. The second-order valence-electron chi connectivity index (χ2n) is 7.37. The Morgan fingerprint density at radius 3 is 2.72 bits per heavy atom. The van der Waals surface area contributed by atoms with Crippen LogP contribution in [0.15, 0.2) is 41.3 Å². The smallest absolute Gasteiger partial charge is 0.238 e. The van der Waals surface area contributed by atoms with E-state index in [1.165, 1.54) is 6.07 Å². The highest BCUT2D eigenvalue weighted by molar-refractivity contribution is 7.89. The van der Waals surface area contributed by atoms with Gasteiger partial charge in [-0.25, -0.2) is 13.6 Å². The summed E-state index contributed by atoms with van der Waals surface area (Å²) in [5, 5.41) is 18.8. The summed E-state index contributed by atoms with van der Waals surface area (Å²) in [5.74, 6) is 0.664. The number of sulfonamides is 1. The van der Waals surface area contributed by atoms with Gasteiger partial charge in [-0.1, -0.05) is 12.1 Å². The monoisotopic (exact) mass is 418 g/mol. The number of hydrogen-bond donors (Lipinski definition) is 3. The number of hydrogen-bond acceptors (Lipinski definition) is 6. The van der Waals surface area contributed by atoms with Crippen molar-refractivity contribution in [3.05, 3.63) is 58.7 Å². The van der Waals surface area contributed by atoms with Crippen LogP contribution in [-0.4, -0.2) is 39.5 Å². The molecule has 0 saturated heterocycles. The Morgan fingerprint density at radius 1 is 1.28 bits per heavy atom. The Kier molecular flexibility index (Phi) is 6.38. The van der Waals surface area contributed by atoms with Gasteiger partial charge in [0.25, 0.3) is 0 Å². The summed E-state index contributed by atoms with van der Waals surface area (Å²) >= 11 is 0. The SMILES string of the molecule is COc1ccc2c(c1)CC[C@H](CNC[C@@H](O)c1ccc(C)c(S(N)(=O)=O)c1)C2=O. The molecule has 156 valence electrons. The molecule has 29 heavy (non-hydrogen) atoms. The van der Waals surface area contributed by atoms with Crippen molar-refractivity contribution in [3.8, 4) is 5.75 Å². The Morgan fingerprint density at radius 2 is 2.03 bits per heavy atom. The largest absolute Gasteiger partial charge is 0.497 e. The standard InChI is InChI=1S/C21H26N2O5S/c1-13-3-4-15(10-20(13)29(22,26)27)19(24)12-23-11-16-6-5-14-9-17(28-2)7-8-18(14)21(16)25/h3-4,7-10,16,19,23-24H,5-6,11-12H2,1-2H3,(H2,22,26,27)/t16-,19-/m1/s1. The first-order valence-electron chi connectivity index (χ1n) is 9.44. The number of primary sulfonamides is 1. The van der Waals surface area contributed by atoms with Gasteiger partial charge >= 0.3 is 0 Å².